The highest BCUT2D eigenvalue weighted by Crippen LogP contribution is 2.29. The second kappa shape index (κ2) is 6.44. The van der Waals surface area contributed by atoms with Crippen LogP contribution in [0.25, 0.3) is 0 Å². The quantitative estimate of drug-likeness (QED) is 0.818. The van der Waals surface area contributed by atoms with Gasteiger partial charge in [-0.15, -0.1) is 0 Å². The molecule has 4 heteroatoms. The summed E-state index contributed by atoms with van der Waals surface area (Å²) in [7, 11) is 1.62. The summed E-state index contributed by atoms with van der Waals surface area (Å²) < 4.78 is 11.0. The zero-order valence-corrected chi connectivity index (χ0v) is 11.5. The Morgan fingerprint density at radius 1 is 1.42 bits per heavy atom. The molecule has 0 aliphatic heterocycles. The van der Waals surface area contributed by atoms with Gasteiger partial charge in [0.1, 0.15) is 6.07 Å². The van der Waals surface area contributed by atoms with Gasteiger partial charge in [0.05, 0.1) is 7.11 Å². The Kier molecular flexibility index (Phi) is 4.64. The molecule has 0 heterocycles. The molecule has 1 fully saturated rings. The van der Waals surface area contributed by atoms with Crippen LogP contribution < -0.4 is 14.8 Å². The first-order chi connectivity index (χ1) is 9.26. The van der Waals surface area contributed by atoms with Gasteiger partial charge in [0.25, 0.3) is 0 Å². The van der Waals surface area contributed by atoms with E-state index in [1.807, 2.05) is 25.1 Å². The molecule has 0 saturated heterocycles. The first-order valence-electron chi connectivity index (χ1n) is 6.73. The van der Waals surface area contributed by atoms with Crippen molar-refractivity contribution in [3.63, 3.8) is 0 Å². The summed E-state index contributed by atoms with van der Waals surface area (Å²) in [6.07, 6.45) is 2.78. The molecule has 0 radical (unpaired) electrons. The lowest BCUT2D eigenvalue weighted by atomic mass is 10.2. The van der Waals surface area contributed by atoms with Crippen LogP contribution in [0, 0.1) is 11.3 Å². The molecule has 1 atom stereocenters. The molecule has 1 unspecified atom stereocenters. The Balaban J connectivity index is 2.04. The molecule has 1 saturated carbocycles. The summed E-state index contributed by atoms with van der Waals surface area (Å²) in [6, 6.07) is 8.67. The predicted molar refractivity (Wildman–Crippen MR) is 73.2 cm³/mol. The molecule has 1 aromatic rings. The van der Waals surface area contributed by atoms with Crippen LogP contribution in [-0.2, 0) is 6.54 Å². The molecule has 0 bridgehead atoms. The minimum absolute atomic E-state index is 0.427. The van der Waals surface area contributed by atoms with E-state index in [4.69, 9.17) is 14.7 Å². The topological polar surface area (TPSA) is 54.3 Å². The van der Waals surface area contributed by atoms with Crippen LogP contribution in [0.3, 0.4) is 0 Å². The van der Waals surface area contributed by atoms with Crippen molar-refractivity contribution in [3.05, 3.63) is 23.8 Å². The number of hydrogen-bond donors (Lipinski definition) is 1. The molecule has 1 aromatic carbocycles. The fourth-order valence-electron chi connectivity index (χ4n) is 1.82. The first-order valence-corrected chi connectivity index (χ1v) is 6.73. The van der Waals surface area contributed by atoms with E-state index < -0.39 is 6.10 Å². The summed E-state index contributed by atoms with van der Waals surface area (Å²) in [5.41, 5.74) is 1.17. The number of rotatable bonds is 7. The summed E-state index contributed by atoms with van der Waals surface area (Å²) in [4.78, 5) is 0. The molecule has 4 nitrogen and oxygen atoms in total. The number of nitrogens with one attached hydrogen (secondary N) is 1. The molecule has 19 heavy (non-hydrogen) atoms. The smallest absolute Gasteiger partial charge is 0.184 e. The summed E-state index contributed by atoms with van der Waals surface area (Å²) in [5.74, 6) is 1.31. The lowest BCUT2D eigenvalue weighted by Crippen LogP contribution is -2.16. The number of nitrogens with zero attached hydrogens (tertiary/aromatic N) is 1. The number of benzene rings is 1. The first kappa shape index (κ1) is 13.7. The highest BCUT2D eigenvalue weighted by atomic mass is 16.5. The maximum absolute atomic E-state index is 8.93. The van der Waals surface area contributed by atoms with Gasteiger partial charge in [-0.3, -0.25) is 0 Å². The standard InChI is InChI=1S/C15H20N2O2/c1-3-13(9-16)19-14-7-4-11(8-15(14)18-2)10-17-12-5-6-12/h4,7-8,12-13,17H,3,5-6,10H2,1-2H3. The van der Waals surface area contributed by atoms with Crippen LogP contribution in [0.1, 0.15) is 31.7 Å². The Hall–Kier alpha value is -1.73. The lowest BCUT2D eigenvalue weighted by molar-refractivity contribution is 0.239. The average Bonchev–Trinajstić information content (AvgIpc) is 3.27. The second-order valence-electron chi connectivity index (χ2n) is 4.78. The summed E-state index contributed by atoms with van der Waals surface area (Å²) >= 11 is 0. The zero-order chi connectivity index (χ0) is 13.7. The van der Waals surface area contributed by atoms with E-state index in [9.17, 15) is 0 Å². The SMILES string of the molecule is CCC(C#N)Oc1ccc(CNC2CC2)cc1OC. The van der Waals surface area contributed by atoms with Crippen molar-refractivity contribution in [2.24, 2.45) is 0 Å². The van der Waals surface area contributed by atoms with E-state index in [1.165, 1.54) is 18.4 Å². The Morgan fingerprint density at radius 2 is 2.21 bits per heavy atom. The van der Waals surface area contributed by atoms with Crippen molar-refractivity contribution in [2.75, 3.05) is 7.11 Å². The van der Waals surface area contributed by atoms with Crippen molar-refractivity contribution >= 4 is 0 Å². The van der Waals surface area contributed by atoms with Gasteiger partial charge in [-0.05, 0) is 37.0 Å². The van der Waals surface area contributed by atoms with Crippen LogP contribution in [-0.4, -0.2) is 19.3 Å². The van der Waals surface area contributed by atoms with E-state index in [0.717, 1.165) is 6.54 Å². The van der Waals surface area contributed by atoms with Crippen molar-refractivity contribution in [2.45, 2.75) is 44.9 Å². The van der Waals surface area contributed by atoms with Crippen molar-refractivity contribution in [1.29, 1.82) is 5.26 Å². The maximum atomic E-state index is 8.93. The largest absolute Gasteiger partial charge is 0.493 e. The van der Waals surface area contributed by atoms with Crippen molar-refractivity contribution < 1.29 is 9.47 Å². The Morgan fingerprint density at radius 3 is 2.79 bits per heavy atom. The summed E-state index contributed by atoms with van der Waals surface area (Å²) in [5, 5.41) is 12.4. The van der Waals surface area contributed by atoms with Crippen LogP contribution in [0.5, 0.6) is 11.5 Å². The summed E-state index contributed by atoms with van der Waals surface area (Å²) in [6.45, 7) is 2.77. The van der Waals surface area contributed by atoms with Gasteiger partial charge in [-0.1, -0.05) is 13.0 Å². The lowest BCUT2D eigenvalue weighted by Gasteiger charge is -2.15. The Labute approximate surface area is 114 Å². The molecule has 102 valence electrons. The second-order valence-corrected chi connectivity index (χ2v) is 4.78. The molecule has 0 spiro atoms. The molecule has 1 aliphatic rings. The van der Waals surface area contributed by atoms with Crippen LogP contribution in [0.2, 0.25) is 0 Å². The predicted octanol–water partition coefficient (Wildman–Crippen LogP) is 2.63. The molecule has 1 aliphatic carbocycles. The molecule has 0 amide bonds. The van der Waals surface area contributed by atoms with Crippen molar-refractivity contribution in [1.82, 2.24) is 5.32 Å². The maximum Gasteiger partial charge on any atom is 0.184 e. The molecule has 2 rings (SSSR count). The molecule has 0 aromatic heterocycles. The van der Waals surface area contributed by atoms with Gasteiger partial charge >= 0.3 is 0 Å². The third-order valence-electron chi connectivity index (χ3n) is 3.18. The van der Waals surface area contributed by atoms with E-state index in [0.29, 0.717) is 24.0 Å². The normalized spacial score (nSPS) is 15.6. The van der Waals surface area contributed by atoms with Gasteiger partial charge in [0.15, 0.2) is 17.6 Å². The molecular formula is C15H20N2O2. The van der Waals surface area contributed by atoms with Crippen LogP contribution in [0.15, 0.2) is 18.2 Å². The van der Waals surface area contributed by atoms with Crippen molar-refractivity contribution in [3.8, 4) is 17.6 Å². The highest BCUT2D eigenvalue weighted by molar-refractivity contribution is 5.43. The number of ether oxygens (including phenoxy) is 2. The monoisotopic (exact) mass is 260 g/mol. The van der Waals surface area contributed by atoms with Gasteiger partial charge < -0.3 is 14.8 Å². The van der Waals surface area contributed by atoms with Gasteiger partial charge in [-0.2, -0.15) is 5.26 Å². The number of nitriles is 1. The van der Waals surface area contributed by atoms with E-state index in [-0.39, 0.29) is 0 Å². The van der Waals surface area contributed by atoms with Crippen LogP contribution >= 0.6 is 0 Å². The van der Waals surface area contributed by atoms with E-state index in [1.54, 1.807) is 7.11 Å². The number of hydrogen-bond acceptors (Lipinski definition) is 4. The molecule has 1 N–H and O–H groups in total. The fraction of sp³-hybridized carbons (Fsp3) is 0.533. The fourth-order valence-corrected chi connectivity index (χ4v) is 1.82. The highest BCUT2D eigenvalue weighted by Gasteiger charge is 2.20. The average molecular weight is 260 g/mol. The van der Waals surface area contributed by atoms with Gasteiger partial charge in [0.2, 0.25) is 0 Å². The zero-order valence-electron chi connectivity index (χ0n) is 11.5. The Bertz CT molecular complexity index is 464. The van der Waals surface area contributed by atoms with E-state index >= 15 is 0 Å². The van der Waals surface area contributed by atoms with E-state index in [2.05, 4.69) is 11.4 Å². The third-order valence-corrected chi connectivity index (χ3v) is 3.18. The third kappa shape index (κ3) is 3.87. The molecular weight excluding hydrogens is 240 g/mol. The van der Waals surface area contributed by atoms with Gasteiger partial charge in [0, 0.05) is 12.6 Å². The minimum Gasteiger partial charge on any atom is -0.493 e. The number of methoxy groups -OCH3 is 1. The minimum atomic E-state index is -0.427. The van der Waals surface area contributed by atoms with Gasteiger partial charge in [-0.25, -0.2) is 0 Å². The van der Waals surface area contributed by atoms with Crippen LogP contribution in [0.4, 0.5) is 0 Å².